The highest BCUT2D eigenvalue weighted by atomic mass is 16.7. The molecule has 4 rings (SSSR count). The summed E-state index contributed by atoms with van der Waals surface area (Å²) in [5.41, 5.74) is 0.792. The topological polar surface area (TPSA) is 86.9 Å². The van der Waals surface area contributed by atoms with Gasteiger partial charge in [-0.15, -0.1) is 0 Å². The van der Waals surface area contributed by atoms with Crippen LogP contribution in [0.2, 0.25) is 0 Å². The maximum Gasteiger partial charge on any atom is 0.323 e. The molecule has 8 nitrogen and oxygen atoms in total. The molecular formula is C16H17N3O5. The first-order valence-electron chi connectivity index (χ1n) is 7.79. The van der Waals surface area contributed by atoms with Crippen molar-refractivity contribution in [1.29, 1.82) is 0 Å². The molecule has 2 aromatic rings. The Morgan fingerprint density at radius 3 is 3.12 bits per heavy atom. The number of methoxy groups -OCH3 is 1. The number of aromatic nitrogens is 2. The van der Waals surface area contributed by atoms with Crippen LogP contribution in [0, 0.1) is 0 Å². The van der Waals surface area contributed by atoms with Gasteiger partial charge in [-0.05, 0) is 37.6 Å². The van der Waals surface area contributed by atoms with Gasteiger partial charge in [0.15, 0.2) is 11.5 Å². The van der Waals surface area contributed by atoms with Crippen LogP contribution in [0.15, 0.2) is 22.7 Å². The van der Waals surface area contributed by atoms with Gasteiger partial charge in [-0.2, -0.15) is 4.98 Å². The van der Waals surface area contributed by atoms with Crippen LogP contribution in [0.1, 0.15) is 18.7 Å². The molecule has 0 N–H and O–H groups in total. The van der Waals surface area contributed by atoms with Crippen molar-refractivity contribution >= 4 is 5.97 Å². The van der Waals surface area contributed by atoms with E-state index >= 15 is 0 Å². The van der Waals surface area contributed by atoms with Crippen LogP contribution in [0.3, 0.4) is 0 Å². The summed E-state index contributed by atoms with van der Waals surface area (Å²) in [6.07, 6.45) is 1.73. The number of benzene rings is 1. The number of likely N-dealkylation sites (tertiary alicyclic amines) is 1. The van der Waals surface area contributed by atoms with E-state index in [0.717, 1.165) is 24.9 Å². The molecule has 24 heavy (non-hydrogen) atoms. The molecule has 0 unspecified atom stereocenters. The van der Waals surface area contributed by atoms with E-state index in [2.05, 4.69) is 10.1 Å². The van der Waals surface area contributed by atoms with Crippen molar-refractivity contribution in [2.75, 3.05) is 20.4 Å². The number of hydrogen-bond acceptors (Lipinski definition) is 8. The highest BCUT2D eigenvalue weighted by molar-refractivity contribution is 5.75. The van der Waals surface area contributed by atoms with Crippen molar-refractivity contribution in [3.05, 3.63) is 24.1 Å². The average Bonchev–Trinajstić information content (AvgIpc) is 3.34. The van der Waals surface area contributed by atoms with Gasteiger partial charge in [-0.25, -0.2) is 0 Å². The van der Waals surface area contributed by atoms with Crippen molar-refractivity contribution in [2.45, 2.75) is 25.4 Å². The fraction of sp³-hybridized carbons (Fsp3) is 0.438. The van der Waals surface area contributed by atoms with E-state index in [9.17, 15) is 4.79 Å². The van der Waals surface area contributed by atoms with E-state index in [-0.39, 0.29) is 18.8 Å². The third-order valence-electron chi connectivity index (χ3n) is 4.27. The number of carbonyl (C=O) groups is 1. The fourth-order valence-corrected chi connectivity index (χ4v) is 3.06. The second-order valence-electron chi connectivity index (χ2n) is 5.73. The lowest BCUT2D eigenvalue weighted by molar-refractivity contribution is -0.146. The molecule has 8 heteroatoms. The number of hydrogen-bond donors (Lipinski definition) is 0. The lowest BCUT2D eigenvalue weighted by atomic mass is 10.2. The Hall–Kier alpha value is -2.61. The van der Waals surface area contributed by atoms with Gasteiger partial charge in [0, 0.05) is 5.56 Å². The number of ether oxygens (including phenoxy) is 3. The number of nitrogens with zero attached hydrogens (tertiary/aromatic N) is 3. The van der Waals surface area contributed by atoms with E-state index in [1.807, 2.05) is 23.1 Å². The summed E-state index contributed by atoms with van der Waals surface area (Å²) in [5.74, 6) is 2.11. The minimum absolute atomic E-state index is 0.219. The molecule has 0 spiro atoms. The SMILES string of the molecule is COC(=O)[C@@H]1CCCN1Cc1nc(-c2ccc3c(c2)OCO3)no1. The molecule has 0 amide bonds. The van der Waals surface area contributed by atoms with Crippen molar-refractivity contribution in [3.8, 4) is 22.9 Å². The Balaban J connectivity index is 1.50. The first-order chi connectivity index (χ1) is 11.7. The minimum atomic E-state index is -0.240. The molecule has 1 aromatic carbocycles. The monoisotopic (exact) mass is 331 g/mol. The summed E-state index contributed by atoms with van der Waals surface area (Å²) >= 11 is 0. The number of carbonyl (C=O) groups excluding carboxylic acids is 1. The molecule has 1 fully saturated rings. The third kappa shape index (κ3) is 2.69. The molecular weight excluding hydrogens is 314 g/mol. The molecule has 3 heterocycles. The maximum absolute atomic E-state index is 11.8. The smallest absolute Gasteiger partial charge is 0.323 e. The standard InChI is InChI=1S/C16H17N3O5/c1-21-16(20)11-3-2-6-19(11)8-14-17-15(18-24-14)10-4-5-12-13(7-10)23-9-22-12/h4-5,7,11H,2-3,6,8-9H2,1H3/t11-/m0/s1. The van der Waals surface area contributed by atoms with Crippen LogP contribution < -0.4 is 9.47 Å². The van der Waals surface area contributed by atoms with Crippen molar-refractivity contribution in [1.82, 2.24) is 15.0 Å². The molecule has 2 aliphatic heterocycles. The van der Waals surface area contributed by atoms with Crippen LogP contribution >= 0.6 is 0 Å². The zero-order valence-corrected chi connectivity index (χ0v) is 13.2. The molecule has 1 atom stereocenters. The van der Waals surface area contributed by atoms with E-state index in [0.29, 0.717) is 29.8 Å². The molecule has 126 valence electrons. The van der Waals surface area contributed by atoms with Crippen molar-refractivity contribution in [2.24, 2.45) is 0 Å². The second-order valence-corrected chi connectivity index (χ2v) is 5.73. The maximum atomic E-state index is 11.8. The van der Waals surface area contributed by atoms with Gasteiger partial charge in [0.05, 0.1) is 13.7 Å². The van der Waals surface area contributed by atoms with Gasteiger partial charge in [-0.1, -0.05) is 5.16 Å². The average molecular weight is 331 g/mol. The second kappa shape index (κ2) is 6.12. The highest BCUT2D eigenvalue weighted by Gasteiger charge is 2.32. The van der Waals surface area contributed by atoms with Gasteiger partial charge in [0.2, 0.25) is 18.5 Å². The van der Waals surface area contributed by atoms with E-state index < -0.39 is 0 Å². The molecule has 0 bridgehead atoms. The summed E-state index contributed by atoms with van der Waals surface area (Å²) < 4.78 is 20.8. The first-order valence-corrected chi connectivity index (χ1v) is 7.79. The first kappa shape index (κ1) is 14.9. The van der Waals surface area contributed by atoms with Crippen LogP contribution in [0.5, 0.6) is 11.5 Å². The molecule has 0 radical (unpaired) electrons. The Labute approximate surface area is 138 Å². The van der Waals surface area contributed by atoms with Crippen LogP contribution in [-0.4, -0.2) is 47.5 Å². The summed E-state index contributed by atoms with van der Waals surface area (Å²) in [5, 5.41) is 4.02. The molecule has 0 aliphatic carbocycles. The molecule has 0 saturated carbocycles. The fourth-order valence-electron chi connectivity index (χ4n) is 3.06. The molecule has 1 aromatic heterocycles. The predicted octanol–water partition coefficient (Wildman–Crippen LogP) is 1.60. The van der Waals surface area contributed by atoms with E-state index in [1.165, 1.54) is 7.11 Å². The zero-order chi connectivity index (χ0) is 16.5. The lowest BCUT2D eigenvalue weighted by Gasteiger charge is -2.19. The lowest BCUT2D eigenvalue weighted by Crippen LogP contribution is -2.36. The minimum Gasteiger partial charge on any atom is -0.468 e. The number of rotatable bonds is 4. The van der Waals surface area contributed by atoms with Gasteiger partial charge >= 0.3 is 5.97 Å². The van der Waals surface area contributed by atoms with Crippen molar-refractivity contribution < 1.29 is 23.5 Å². The van der Waals surface area contributed by atoms with Gasteiger partial charge in [-0.3, -0.25) is 9.69 Å². The van der Waals surface area contributed by atoms with Crippen LogP contribution in [0.25, 0.3) is 11.4 Å². The summed E-state index contributed by atoms with van der Waals surface area (Å²) in [4.78, 5) is 18.2. The Morgan fingerprint density at radius 1 is 1.38 bits per heavy atom. The number of fused-ring (bicyclic) bond motifs is 1. The van der Waals surface area contributed by atoms with Crippen LogP contribution in [0.4, 0.5) is 0 Å². The Kier molecular flexibility index (Phi) is 3.81. The summed E-state index contributed by atoms with van der Waals surface area (Å²) in [7, 11) is 1.41. The zero-order valence-electron chi connectivity index (χ0n) is 13.2. The Morgan fingerprint density at radius 2 is 2.25 bits per heavy atom. The summed E-state index contributed by atoms with van der Waals surface area (Å²) in [6.45, 7) is 1.46. The Bertz CT molecular complexity index is 760. The van der Waals surface area contributed by atoms with Gasteiger partial charge in [0.1, 0.15) is 6.04 Å². The summed E-state index contributed by atoms with van der Waals surface area (Å²) in [6, 6.07) is 5.26. The molecule has 1 saturated heterocycles. The van der Waals surface area contributed by atoms with Gasteiger partial charge < -0.3 is 18.7 Å². The molecule has 2 aliphatic rings. The van der Waals surface area contributed by atoms with Crippen LogP contribution in [-0.2, 0) is 16.1 Å². The largest absolute Gasteiger partial charge is 0.468 e. The van der Waals surface area contributed by atoms with E-state index in [4.69, 9.17) is 18.7 Å². The quantitative estimate of drug-likeness (QED) is 0.781. The van der Waals surface area contributed by atoms with E-state index in [1.54, 1.807) is 0 Å². The normalized spacial score (nSPS) is 19.6. The van der Waals surface area contributed by atoms with Gasteiger partial charge in [0.25, 0.3) is 0 Å². The third-order valence-corrected chi connectivity index (χ3v) is 4.27. The number of esters is 1. The van der Waals surface area contributed by atoms with Crippen molar-refractivity contribution in [3.63, 3.8) is 0 Å². The highest BCUT2D eigenvalue weighted by Crippen LogP contribution is 2.35. The predicted molar refractivity (Wildman–Crippen MR) is 81.3 cm³/mol.